The predicted molar refractivity (Wildman–Crippen MR) is 74.4 cm³/mol. The van der Waals surface area contributed by atoms with Crippen molar-refractivity contribution in [3.8, 4) is 0 Å². The van der Waals surface area contributed by atoms with Crippen LogP contribution in [0.5, 0.6) is 0 Å². The van der Waals surface area contributed by atoms with Crippen molar-refractivity contribution in [1.82, 2.24) is 0 Å². The molecule has 0 saturated heterocycles. The Balaban J connectivity index is 2.37. The molecular formula is C12H14ClO2PS. The third kappa shape index (κ3) is 2.68. The quantitative estimate of drug-likeness (QED) is 0.865. The maximum Gasteiger partial charge on any atom is 0.140 e. The summed E-state index contributed by atoms with van der Waals surface area (Å²) in [5.41, 5.74) is 0.850. The molecular weight excluding hydrogens is 275 g/mol. The number of carbonyl (C=O) groups excluding carboxylic acids is 1. The largest absolute Gasteiger partial charge is 0.373 e. The lowest BCUT2D eigenvalue weighted by Gasteiger charge is -2.23. The maximum atomic E-state index is 11.7. The molecule has 0 aromatic heterocycles. The zero-order valence-electron chi connectivity index (χ0n) is 9.68. The lowest BCUT2D eigenvalue weighted by Crippen LogP contribution is -2.24. The Morgan fingerprint density at radius 2 is 2.35 bits per heavy atom. The van der Waals surface area contributed by atoms with Crippen molar-refractivity contribution < 1.29 is 9.69 Å². The molecule has 5 heteroatoms. The van der Waals surface area contributed by atoms with Crippen LogP contribution < -0.4 is 0 Å². The summed E-state index contributed by atoms with van der Waals surface area (Å²) < 4.78 is 0. The molecule has 0 saturated carbocycles. The Labute approximate surface area is 112 Å². The number of Topliss-reactive ketones (excluding diaryl/α,β-unsaturated/α-hetero) is 1. The molecule has 3 unspecified atom stereocenters. The fourth-order valence-corrected chi connectivity index (χ4v) is 5.19. The van der Waals surface area contributed by atoms with E-state index in [4.69, 9.17) is 11.6 Å². The second-order valence-electron chi connectivity index (χ2n) is 4.23. The number of halogens is 1. The van der Waals surface area contributed by atoms with Crippen LogP contribution >= 0.6 is 31.5 Å². The van der Waals surface area contributed by atoms with E-state index in [-0.39, 0.29) is 17.4 Å². The van der Waals surface area contributed by atoms with E-state index < -0.39 is 8.15 Å². The van der Waals surface area contributed by atoms with Crippen LogP contribution in [0.25, 0.3) is 0 Å². The Bertz CT molecular complexity index is 450. The Morgan fingerprint density at radius 1 is 1.65 bits per heavy atom. The fourth-order valence-electron chi connectivity index (χ4n) is 2.28. The molecule has 2 nitrogen and oxygen atoms in total. The normalized spacial score (nSPS) is 22.0. The summed E-state index contributed by atoms with van der Waals surface area (Å²) in [7, 11) is -1.25. The third-order valence-corrected chi connectivity index (χ3v) is 5.96. The van der Waals surface area contributed by atoms with E-state index in [0.717, 1.165) is 11.3 Å². The van der Waals surface area contributed by atoms with Crippen molar-refractivity contribution in [2.45, 2.75) is 23.4 Å². The van der Waals surface area contributed by atoms with Gasteiger partial charge in [-0.25, -0.2) is 0 Å². The maximum absolute atomic E-state index is 11.7. The van der Waals surface area contributed by atoms with Gasteiger partial charge >= 0.3 is 0 Å². The molecule has 1 aliphatic rings. The van der Waals surface area contributed by atoms with Crippen molar-refractivity contribution in [2.75, 3.05) is 12.4 Å². The smallest absolute Gasteiger partial charge is 0.140 e. The first-order chi connectivity index (χ1) is 8.00. The van der Waals surface area contributed by atoms with Gasteiger partial charge in [-0.1, -0.05) is 11.6 Å². The molecule has 0 bridgehead atoms. The van der Waals surface area contributed by atoms with Crippen LogP contribution in [0.2, 0.25) is 5.02 Å². The molecule has 1 aromatic rings. The number of rotatable bonds is 3. The molecule has 1 aromatic carbocycles. The first kappa shape index (κ1) is 13.4. The molecule has 0 amide bonds. The number of benzene rings is 1. The van der Waals surface area contributed by atoms with Crippen LogP contribution in [0, 0.1) is 0 Å². The number of hydrogen-bond donors (Lipinski definition) is 1. The lowest BCUT2D eigenvalue weighted by molar-refractivity contribution is -0.116. The summed E-state index contributed by atoms with van der Waals surface area (Å²) in [6.45, 7) is 3.31. The van der Waals surface area contributed by atoms with Crippen LogP contribution in [0.3, 0.4) is 0 Å². The average molecular weight is 289 g/mol. The highest BCUT2D eigenvalue weighted by Gasteiger charge is 2.36. The van der Waals surface area contributed by atoms with Crippen molar-refractivity contribution in [2.24, 2.45) is 0 Å². The standard InChI is InChI=1S/C12H14ClO2PS/c1-7(14)12(16(2)15)10-6-17-11-4-3-8(13)5-9(10)11/h3-5,10,12,15H,6H2,1-2H3. The zero-order valence-corrected chi connectivity index (χ0v) is 12.1. The van der Waals surface area contributed by atoms with Gasteiger partial charge < -0.3 is 4.89 Å². The van der Waals surface area contributed by atoms with Gasteiger partial charge in [0.05, 0.1) is 5.66 Å². The lowest BCUT2D eigenvalue weighted by atomic mass is 9.95. The minimum Gasteiger partial charge on any atom is -0.373 e. The van der Waals surface area contributed by atoms with Crippen LogP contribution in [-0.2, 0) is 4.79 Å². The first-order valence-electron chi connectivity index (χ1n) is 5.35. The summed E-state index contributed by atoms with van der Waals surface area (Å²) in [4.78, 5) is 22.7. The summed E-state index contributed by atoms with van der Waals surface area (Å²) in [5, 5.41) is 0.692. The molecule has 1 aliphatic heterocycles. The van der Waals surface area contributed by atoms with Gasteiger partial charge in [-0.05, 0) is 37.4 Å². The van der Waals surface area contributed by atoms with Crippen molar-refractivity contribution in [3.05, 3.63) is 28.8 Å². The minimum absolute atomic E-state index is 0.0690. The molecule has 92 valence electrons. The first-order valence-corrected chi connectivity index (χ1v) is 8.52. The molecule has 0 spiro atoms. The van der Waals surface area contributed by atoms with Gasteiger partial charge in [-0.15, -0.1) is 11.8 Å². The van der Waals surface area contributed by atoms with Crippen LogP contribution in [-0.4, -0.2) is 28.8 Å². The summed E-state index contributed by atoms with van der Waals surface area (Å²) in [6, 6.07) is 5.79. The number of thioether (sulfide) groups is 1. The van der Waals surface area contributed by atoms with Gasteiger partial charge in [0.2, 0.25) is 0 Å². The van der Waals surface area contributed by atoms with Crippen LogP contribution in [0.4, 0.5) is 0 Å². The summed E-state index contributed by atoms with van der Waals surface area (Å²) >= 11 is 7.74. The molecule has 2 rings (SSSR count). The number of fused-ring (bicyclic) bond motifs is 1. The minimum atomic E-state index is -1.25. The third-order valence-electron chi connectivity index (χ3n) is 2.99. The Morgan fingerprint density at radius 3 is 2.94 bits per heavy atom. The predicted octanol–water partition coefficient (Wildman–Crippen LogP) is 3.51. The highest BCUT2D eigenvalue weighted by atomic mass is 35.5. The molecule has 3 atom stereocenters. The average Bonchev–Trinajstić information content (AvgIpc) is 2.60. The second-order valence-corrected chi connectivity index (χ2v) is 7.43. The SMILES string of the molecule is CC(=O)C(C1CSc2ccc(Cl)cc21)P(C)O. The topological polar surface area (TPSA) is 37.3 Å². The Kier molecular flexibility index (Phi) is 4.14. The van der Waals surface area contributed by atoms with Gasteiger partial charge in [0.25, 0.3) is 0 Å². The van der Waals surface area contributed by atoms with Crippen LogP contribution in [0.15, 0.2) is 23.1 Å². The van der Waals surface area contributed by atoms with E-state index in [0.29, 0.717) is 5.02 Å². The van der Waals surface area contributed by atoms with E-state index >= 15 is 0 Å². The molecule has 1 heterocycles. The van der Waals surface area contributed by atoms with E-state index in [1.54, 1.807) is 25.4 Å². The highest BCUT2D eigenvalue weighted by molar-refractivity contribution is 7.99. The monoisotopic (exact) mass is 288 g/mol. The number of ketones is 1. The van der Waals surface area contributed by atoms with E-state index in [9.17, 15) is 9.69 Å². The van der Waals surface area contributed by atoms with Gasteiger partial charge in [0, 0.05) is 29.7 Å². The summed E-state index contributed by atoms with van der Waals surface area (Å²) in [6.07, 6.45) is 0. The Hall–Kier alpha value is -0.0800. The van der Waals surface area contributed by atoms with Crippen molar-refractivity contribution in [1.29, 1.82) is 0 Å². The van der Waals surface area contributed by atoms with Crippen molar-refractivity contribution >= 4 is 37.3 Å². The number of carbonyl (C=O) groups is 1. The van der Waals surface area contributed by atoms with Gasteiger partial charge in [0.1, 0.15) is 5.78 Å². The van der Waals surface area contributed by atoms with Crippen LogP contribution in [0.1, 0.15) is 18.4 Å². The van der Waals surface area contributed by atoms with Gasteiger partial charge in [-0.3, -0.25) is 4.79 Å². The van der Waals surface area contributed by atoms with E-state index in [1.165, 1.54) is 4.90 Å². The van der Waals surface area contributed by atoms with E-state index in [1.807, 2.05) is 18.2 Å². The number of hydrogen-bond acceptors (Lipinski definition) is 3. The second kappa shape index (κ2) is 5.27. The molecule has 0 aliphatic carbocycles. The fraction of sp³-hybridized carbons (Fsp3) is 0.417. The zero-order chi connectivity index (χ0) is 12.6. The highest BCUT2D eigenvalue weighted by Crippen LogP contribution is 2.50. The molecule has 17 heavy (non-hydrogen) atoms. The molecule has 1 N–H and O–H groups in total. The molecule has 0 fully saturated rings. The van der Waals surface area contributed by atoms with Gasteiger partial charge in [-0.2, -0.15) is 0 Å². The van der Waals surface area contributed by atoms with E-state index in [2.05, 4.69) is 0 Å². The van der Waals surface area contributed by atoms with Crippen molar-refractivity contribution in [3.63, 3.8) is 0 Å². The summed E-state index contributed by atoms with van der Waals surface area (Å²) in [5.74, 6) is 1.03. The van der Waals surface area contributed by atoms with Gasteiger partial charge in [0.15, 0.2) is 0 Å². The molecule has 0 radical (unpaired) electrons.